The van der Waals surface area contributed by atoms with E-state index < -0.39 is 0 Å². The van der Waals surface area contributed by atoms with Crippen molar-refractivity contribution in [1.29, 1.82) is 0 Å². The molecular weight excluding hydrogens is 232 g/mol. The maximum absolute atomic E-state index is 3.73. The first-order valence-electron chi connectivity index (χ1n) is 7.91. The van der Waals surface area contributed by atoms with E-state index in [1.807, 2.05) is 0 Å². The number of nitrogens with zero attached hydrogens (tertiary/aromatic N) is 1. The van der Waals surface area contributed by atoms with Gasteiger partial charge in [0.2, 0.25) is 0 Å². The summed E-state index contributed by atoms with van der Waals surface area (Å²) in [5, 5.41) is 3.73. The van der Waals surface area contributed by atoms with Gasteiger partial charge in [-0.15, -0.1) is 0 Å². The van der Waals surface area contributed by atoms with Gasteiger partial charge in [0.1, 0.15) is 0 Å². The van der Waals surface area contributed by atoms with E-state index in [1.54, 1.807) is 0 Å². The molecule has 0 bridgehead atoms. The number of benzene rings is 1. The van der Waals surface area contributed by atoms with Crippen molar-refractivity contribution < 1.29 is 0 Å². The minimum Gasteiger partial charge on any atom is -0.312 e. The van der Waals surface area contributed by atoms with Gasteiger partial charge in [-0.2, -0.15) is 0 Å². The van der Waals surface area contributed by atoms with Crippen molar-refractivity contribution in [1.82, 2.24) is 10.2 Å². The maximum atomic E-state index is 3.73. The van der Waals surface area contributed by atoms with Crippen LogP contribution in [0.15, 0.2) is 30.3 Å². The molecule has 2 heterocycles. The van der Waals surface area contributed by atoms with Crippen LogP contribution in [0.1, 0.15) is 31.2 Å². The average molecular weight is 258 g/mol. The fourth-order valence-electron chi connectivity index (χ4n) is 3.62. The molecule has 0 radical (unpaired) electrons. The number of rotatable bonds is 4. The van der Waals surface area contributed by atoms with Gasteiger partial charge in [0.05, 0.1) is 0 Å². The van der Waals surface area contributed by atoms with Gasteiger partial charge in [-0.05, 0) is 56.8 Å². The van der Waals surface area contributed by atoms with Crippen molar-refractivity contribution in [2.24, 2.45) is 5.92 Å². The predicted molar refractivity (Wildman–Crippen MR) is 80.3 cm³/mol. The Hall–Kier alpha value is -0.860. The molecule has 2 fully saturated rings. The molecule has 1 aromatic carbocycles. The van der Waals surface area contributed by atoms with Gasteiger partial charge in [0, 0.05) is 12.6 Å². The molecule has 104 valence electrons. The summed E-state index contributed by atoms with van der Waals surface area (Å²) in [7, 11) is 0. The normalized spacial score (nSPS) is 28.6. The lowest BCUT2D eigenvalue weighted by Gasteiger charge is -2.31. The molecule has 0 aliphatic carbocycles. The smallest absolute Gasteiger partial charge is 0.0226 e. The average Bonchev–Trinajstić information content (AvgIpc) is 2.88. The Kier molecular flexibility index (Phi) is 4.52. The SMILES string of the molecule is c1ccc(C[C@H]2CCN[C@H]2CN2CCCCC2)cc1. The second-order valence-electron chi connectivity index (χ2n) is 6.16. The predicted octanol–water partition coefficient (Wildman–Crippen LogP) is 2.69. The Labute approximate surface area is 117 Å². The molecule has 1 N–H and O–H groups in total. The number of likely N-dealkylation sites (tertiary alicyclic amines) is 1. The van der Waals surface area contributed by atoms with Crippen LogP contribution in [0.25, 0.3) is 0 Å². The van der Waals surface area contributed by atoms with Gasteiger partial charge >= 0.3 is 0 Å². The number of hydrogen-bond donors (Lipinski definition) is 1. The molecule has 2 saturated heterocycles. The van der Waals surface area contributed by atoms with Gasteiger partial charge in [-0.3, -0.25) is 0 Å². The van der Waals surface area contributed by atoms with Crippen molar-refractivity contribution in [3.05, 3.63) is 35.9 Å². The Bertz CT molecular complexity index is 370. The summed E-state index contributed by atoms with van der Waals surface area (Å²) >= 11 is 0. The third kappa shape index (κ3) is 3.58. The van der Waals surface area contributed by atoms with Crippen LogP contribution in [0, 0.1) is 5.92 Å². The summed E-state index contributed by atoms with van der Waals surface area (Å²) in [4.78, 5) is 2.67. The lowest BCUT2D eigenvalue weighted by atomic mass is 9.92. The second-order valence-corrected chi connectivity index (χ2v) is 6.16. The first kappa shape index (κ1) is 13.1. The lowest BCUT2D eigenvalue weighted by molar-refractivity contribution is 0.196. The molecule has 2 aliphatic heterocycles. The Morgan fingerprint density at radius 3 is 2.63 bits per heavy atom. The van der Waals surface area contributed by atoms with Crippen molar-refractivity contribution >= 4 is 0 Å². The highest BCUT2D eigenvalue weighted by molar-refractivity contribution is 5.16. The molecule has 2 atom stereocenters. The minimum atomic E-state index is 0.707. The molecule has 2 aliphatic rings. The Balaban J connectivity index is 1.55. The summed E-state index contributed by atoms with van der Waals surface area (Å²) in [5.41, 5.74) is 1.50. The number of nitrogens with one attached hydrogen (secondary N) is 1. The van der Waals surface area contributed by atoms with E-state index in [0.717, 1.165) is 5.92 Å². The Morgan fingerprint density at radius 2 is 1.84 bits per heavy atom. The van der Waals surface area contributed by atoms with E-state index in [1.165, 1.54) is 63.8 Å². The Morgan fingerprint density at radius 1 is 1.05 bits per heavy atom. The quantitative estimate of drug-likeness (QED) is 0.893. The van der Waals surface area contributed by atoms with E-state index in [-0.39, 0.29) is 0 Å². The fourth-order valence-corrected chi connectivity index (χ4v) is 3.62. The summed E-state index contributed by atoms with van der Waals surface area (Å²) < 4.78 is 0. The highest BCUT2D eigenvalue weighted by atomic mass is 15.2. The maximum Gasteiger partial charge on any atom is 0.0226 e. The topological polar surface area (TPSA) is 15.3 Å². The van der Waals surface area contributed by atoms with Crippen molar-refractivity contribution in [2.45, 2.75) is 38.1 Å². The monoisotopic (exact) mass is 258 g/mol. The van der Waals surface area contributed by atoms with Crippen LogP contribution >= 0.6 is 0 Å². The zero-order valence-electron chi connectivity index (χ0n) is 11.9. The summed E-state index contributed by atoms with van der Waals surface area (Å²) in [5.74, 6) is 0.823. The van der Waals surface area contributed by atoms with E-state index in [0.29, 0.717) is 6.04 Å². The largest absolute Gasteiger partial charge is 0.312 e. The molecule has 19 heavy (non-hydrogen) atoms. The van der Waals surface area contributed by atoms with Gasteiger partial charge in [0.25, 0.3) is 0 Å². The number of hydrogen-bond acceptors (Lipinski definition) is 2. The highest BCUT2D eigenvalue weighted by Crippen LogP contribution is 2.22. The summed E-state index contributed by atoms with van der Waals surface area (Å²) in [6, 6.07) is 11.7. The number of piperidine rings is 1. The molecule has 0 spiro atoms. The van der Waals surface area contributed by atoms with E-state index >= 15 is 0 Å². The minimum absolute atomic E-state index is 0.707. The van der Waals surface area contributed by atoms with E-state index in [4.69, 9.17) is 0 Å². The standard InChI is InChI=1S/C17H26N2/c1-3-7-15(8-4-1)13-16-9-10-18-17(16)14-19-11-5-2-6-12-19/h1,3-4,7-8,16-18H,2,5-6,9-14H2/t16-,17+/m1/s1. The van der Waals surface area contributed by atoms with E-state index in [2.05, 4.69) is 40.5 Å². The molecule has 2 nitrogen and oxygen atoms in total. The first-order chi connectivity index (χ1) is 9.42. The molecule has 0 saturated carbocycles. The molecule has 3 rings (SSSR count). The fraction of sp³-hybridized carbons (Fsp3) is 0.647. The molecule has 0 unspecified atom stereocenters. The molecule has 1 aromatic rings. The van der Waals surface area contributed by atoms with Crippen LogP contribution in [0.4, 0.5) is 0 Å². The molecule has 2 heteroatoms. The van der Waals surface area contributed by atoms with Crippen LogP contribution in [-0.2, 0) is 6.42 Å². The van der Waals surface area contributed by atoms with Gasteiger partial charge in [-0.1, -0.05) is 36.8 Å². The van der Waals surface area contributed by atoms with Crippen LogP contribution in [-0.4, -0.2) is 37.1 Å². The van der Waals surface area contributed by atoms with Crippen LogP contribution < -0.4 is 5.32 Å². The van der Waals surface area contributed by atoms with Gasteiger partial charge in [0.15, 0.2) is 0 Å². The van der Waals surface area contributed by atoms with Crippen molar-refractivity contribution in [3.63, 3.8) is 0 Å². The molecule has 0 aromatic heterocycles. The van der Waals surface area contributed by atoms with Gasteiger partial charge < -0.3 is 10.2 Å². The third-order valence-electron chi connectivity index (χ3n) is 4.73. The van der Waals surface area contributed by atoms with Crippen LogP contribution in [0.5, 0.6) is 0 Å². The van der Waals surface area contributed by atoms with E-state index in [9.17, 15) is 0 Å². The third-order valence-corrected chi connectivity index (χ3v) is 4.73. The van der Waals surface area contributed by atoms with Crippen LogP contribution in [0.2, 0.25) is 0 Å². The van der Waals surface area contributed by atoms with Gasteiger partial charge in [-0.25, -0.2) is 0 Å². The first-order valence-corrected chi connectivity index (χ1v) is 7.91. The zero-order valence-corrected chi connectivity index (χ0v) is 11.9. The zero-order chi connectivity index (χ0) is 12.9. The van der Waals surface area contributed by atoms with Crippen LogP contribution in [0.3, 0.4) is 0 Å². The summed E-state index contributed by atoms with van der Waals surface area (Å²) in [6.45, 7) is 5.10. The summed E-state index contributed by atoms with van der Waals surface area (Å²) in [6.07, 6.45) is 6.81. The highest BCUT2D eigenvalue weighted by Gasteiger charge is 2.28. The van der Waals surface area contributed by atoms with Crippen molar-refractivity contribution in [2.75, 3.05) is 26.2 Å². The second kappa shape index (κ2) is 6.53. The molecule has 0 amide bonds. The molecular formula is C17H26N2. The lowest BCUT2D eigenvalue weighted by Crippen LogP contribution is -2.43. The van der Waals surface area contributed by atoms with Crippen molar-refractivity contribution in [3.8, 4) is 0 Å².